The quantitative estimate of drug-likeness (QED) is 0.913. The lowest BCUT2D eigenvalue weighted by Crippen LogP contribution is -2.34. The van der Waals surface area contributed by atoms with E-state index < -0.39 is 6.10 Å². The summed E-state index contributed by atoms with van der Waals surface area (Å²) in [6, 6.07) is 12.0. The van der Waals surface area contributed by atoms with Gasteiger partial charge in [-0.25, -0.2) is 0 Å². The molecule has 6 nitrogen and oxygen atoms in total. The zero-order chi connectivity index (χ0) is 16.4. The molecule has 23 heavy (non-hydrogen) atoms. The second-order valence-corrected chi connectivity index (χ2v) is 5.15. The van der Waals surface area contributed by atoms with Gasteiger partial charge in [-0.2, -0.15) is 0 Å². The highest BCUT2D eigenvalue weighted by Gasteiger charge is 2.24. The Morgan fingerprint density at radius 3 is 2.87 bits per heavy atom. The first kappa shape index (κ1) is 14.9. The van der Waals surface area contributed by atoms with Crippen molar-refractivity contribution in [3.8, 4) is 11.5 Å². The van der Waals surface area contributed by atoms with Crippen LogP contribution < -0.4 is 20.1 Å². The molecule has 1 aliphatic rings. The minimum atomic E-state index is -0.543. The van der Waals surface area contributed by atoms with E-state index in [4.69, 9.17) is 9.47 Å². The number of benzene rings is 2. The molecular formula is C17H16N2O4. The molecule has 0 fully saturated rings. The predicted octanol–water partition coefficient (Wildman–Crippen LogP) is 2.67. The lowest BCUT2D eigenvalue weighted by Gasteiger charge is -2.23. The van der Waals surface area contributed by atoms with Gasteiger partial charge in [0.1, 0.15) is 11.5 Å². The molecule has 2 amide bonds. The van der Waals surface area contributed by atoms with Crippen molar-refractivity contribution >= 4 is 23.2 Å². The predicted molar refractivity (Wildman–Crippen MR) is 86.1 cm³/mol. The summed E-state index contributed by atoms with van der Waals surface area (Å²) in [6.45, 7) is 1.67. The fourth-order valence-electron chi connectivity index (χ4n) is 2.25. The standard InChI is InChI=1S/C17H16N2O4/c1-10-16(20)19-14-8-11(6-7-15(14)23-10)17(21)18-12-4-3-5-13(9-12)22-2/h3-10H,1-2H3,(H,18,21)(H,19,20). The number of carbonyl (C=O) groups is 2. The van der Waals surface area contributed by atoms with Crippen molar-refractivity contribution < 1.29 is 19.1 Å². The van der Waals surface area contributed by atoms with Crippen molar-refractivity contribution in [3.63, 3.8) is 0 Å². The summed E-state index contributed by atoms with van der Waals surface area (Å²) in [7, 11) is 1.56. The van der Waals surface area contributed by atoms with Crippen molar-refractivity contribution in [1.29, 1.82) is 0 Å². The smallest absolute Gasteiger partial charge is 0.265 e. The Hall–Kier alpha value is -3.02. The third kappa shape index (κ3) is 3.11. The Bertz CT molecular complexity index is 773. The van der Waals surface area contributed by atoms with Crippen LogP contribution in [0.25, 0.3) is 0 Å². The number of hydrogen-bond donors (Lipinski definition) is 2. The van der Waals surface area contributed by atoms with Gasteiger partial charge in [0.25, 0.3) is 11.8 Å². The molecule has 1 unspecified atom stereocenters. The summed E-state index contributed by atoms with van der Waals surface area (Å²) < 4.78 is 10.6. The Morgan fingerprint density at radius 2 is 2.09 bits per heavy atom. The molecule has 1 atom stereocenters. The molecule has 118 valence electrons. The largest absolute Gasteiger partial charge is 0.497 e. The van der Waals surface area contributed by atoms with Gasteiger partial charge >= 0.3 is 0 Å². The second-order valence-electron chi connectivity index (χ2n) is 5.15. The highest BCUT2D eigenvalue weighted by Crippen LogP contribution is 2.30. The third-order valence-corrected chi connectivity index (χ3v) is 3.50. The van der Waals surface area contributed by atoms with E-state index >= 15 is 0 Å². The Morgan fingerprint density at radius 1 is 1.26 bits per heavy atom. The maximum Gasteiger partial charge on any atom is 0.265 e. The van der Waals surface area contributed by atoms with Gasteiger partial charge in [0.2, 0.25) is 0 Å². The van der Waals surface area contributed by atoms with Crippen molar-refractivity contribution in [2.75, 3.05) is 17.7 Å². The lowest BCUT2D eigenvalue weighted by molar-refractivity contribution is -0.122. The fraction of sp³-hybridized carbons (Fsp3) is 0.176. The third-order valence-electron chi connectivity index (χ3n) is 3.50. The summed E-state index contributed by atoms with van der Waals surface area (Å²) in [5, 5.41) is 5.51. The summed E-state index contributed by atoms with van der Waals surface area (Å²) in [5.74, 6) is 0.690. The molecule has 2 N–H and O–H groups in total. The summed E-state index contributed by atoms with van der Waals surface area (Å²) >= 11 is 0. The molecule has 0 saturated heterocycles. The maximum absolute atomic E-state index is 12.3. The molecule has 0 aromatic heterocycles. The van der Waals surface area contributed by atoms with Crippen LogP contribution in [0.3, 0.4) is 0 Å². The first-order chi connectivity index (χ1) is 11.1. The minimum absolute atomic E-state index is 0.233. The van der Waals surface area contributed by atoms with Crippen LogP contribution in [0.15, 0.2) is 42.5 Å². The molecule has 0 radical (unpaired) electrons. The van der Waals surface area contributed by atoms with Crippen LogP contribution in [-0.4, -0.2) is 25.0 Å². The first-order valence-electron chi connectivity index (χ1n) is 7.14. The average molecular weight is 312 g/mol. The molecular weight excluding hydrogens is 296 g/mol. The number of ether oxygens (including phenoxy) is 2. The first-order valence-corrected chi connectivity index (χ1v) is 7.14. The number of hydrogen-bond acceptors (Lipinski definition) is 4. The summed E-state index contributed by atoms with van der Waals surface area (Å²) in [4.78, 5) is 24.0. The normalized spacial score (nSPS) is 15.9. The zero-order valence-corrected chi connectivity index (χ0v) is 12.8. The maximum atomic E-state index is 12.3. The van der Waals surface area contributed by atoms with Crippen LogP contribution >= 0.6 is 0 Å². The van der Waals surface area contributed by atoms with E-state index in [0.29, 0.717) is 28.4 Å². The highest BCUT2D eigenvalue weighted by atomic mass is 16.5. The molecule has 1 heterocycles. The van der Waals surface area contributed by atoms with Gasteiger partial charge in [-0.15, -0.1) is 0 Å². The Labute approximate surface area is 133 Å². The van der Waals surface area contributed by atoms with E-state index in [-0.39, 0.29) is 11.8 Å². The van der Waals surface area contributed by atoms with Crippen molar-refractivity contribution in [2.24, 2.45) is 0 Å². The van der Waals surface area contributed by atoms with Crippen LogP contribution in [0.1, 0.15) is 17.3 Å². The molecule has 0 aliphatic carbocycles. The summed E-state index contributed by atoms with van der Waals surface area (Å²) in [5.41, 5.74) is 1.54. The van der Waals surface area contributed by atoms with Crippen molar-refractivity contribution in [3.05, 3.63) is 48.0 Å². The van der Waals surface area contributed by atoms with Gasteiger partial charge in [-0.1, -0.05) is 6.07 Å². The van der Waals surface area contributed by atoms with Gasteiger partial charge in [0.15, 0.2) is 6.10 Å². The van der Waals surface area contributed by atoms with Crippen LogP contribution in [0.4, 0.5) is 11.4 Å². The highest BCUT2D eigenvalue weighted by molar-refractivity contribution is 6.06. The number of amides is 2. The van der Waals surface area contributed by atoms with E-state index in [1.54, 1.807) is 56.5 Å². The van der Waals surface area contributed by atoms with Gasteiger partial charge < -0.3 is 20.1 Å². The van der Waals surface area contributed by atoms with E-state index in [1.807, 2.05) is 0 Å². The van der Waals surface area contributed by atoms with Crippen LogP contribution in [0.5, 0.6) is 11.5 Å². The molecule has 3 rings (SSSR count). The average Bonchev–Trinajstić information content (AvgIpc) is 2.55. The van der Waals surface area contributed by atoms with E-state index in [9.17, 15) is 9.59 Å². The number of anilines is 2. The van der Waals surface area contributed by atoms with Gasteiger partial charge in [0, 0.05) is 17.3 Å². The van der Waals surface area contributed by atoms with Crippen LogP contribution in [0.2, 0.25) is 0 Å². The second kappa shape index (κ2) is 6.00. The topological polar surface area (TPSA) is 76.7 Å². The molecule has 0 spiro atoms. The number of carbonyl (C=O) groups excluding carboxylic acids is 2. The van der Waals surface area contributed by atoms with Crippen LogP contribution in [0, 0.1) is 0 Å². The molecule has 6 heteroatoms. The molecule has 0 bridgehead atoms. The molecule has 0 saturated carbocycles. The Balaban J connectivity index is 1.80. The van der Waals surface area contributed by atoms with E-state index in [2.05, 4.69) is 10.6 Å². The Kier molecular flexibility index (Phi) is 3.89. The van der Waals surface area contributed by atoms with E-state index in [0.717, 1.165) is 0 Å². The number of nitrogens with one attached hydrogen (secondary N) is 2. The van der Waals surface area contributed by atoms with Gasteiger partial charge in [-0.3, -0.25) is 9.59 Å². The molecule has 2 aromatic carbocycles. The van der Waals surface area contributed by atoms with E-state index in [1.165, 1.54) is 0 Å². The van der Waals surface area contributed by atoms with Gasteiger partial charge in [0.05, 0.1) is 12.8 Å². The monoisotopic (exact) mass is 312 g/mol. The van der Waals surface area contributed by atoms with Gasteiger partial charge in [-0.05, 0) is 37.3 Å². The fourth-order valence-corrected chi connectivity index (χ4v) is 2.25. The zero-order valence-electron chi connectivity index (χ0n) is 12.8. The van der Waals surface area contributed by atoms with Crippen molar-refractivity contribution in [2.45, 2.75) is 13.0 Å². The SMILES string of the molecule is COc1cccc(NC(=O)c2ccc3c(c2)NC(=O)C(C)O3)c1. The number of rotatable bonds is 3. The molecule has 2 aromatic rings. The lowest BCUT2D eigenvalue weighted by atomic mass is 10.1. The minimum Gasteiger partial charge on any atom is -0.497 e. The summed E-state index contributed by atoms with van der Waals surface area (Å²) in [6.07, 6.45) is -0.543. The number of fused-ring (bicyclic) bond motifs is 1. The van der Waals surface area contributed by atoms with Crippen LogP contribution in [-0.2, 0) is 4.79 Å². The molecule has 1 aliphatic heterocycles. The number of methoxy groups -OCH3 is 1. The van der Waals surface area contributed by atoms with Crippen molar-refractivity contribution in [1.82, 2.24) is 0 Å².